The average Bonchev–Trinajstić information content (AvgIpc) is 3.27. The lowest BCUT2D eigenvalue weighted by atomic mass is 10.2. The van der Waals surface area contributed by atoms with Crippen molar-refractivity contribution in [2.75, 3.05) is 32.1 Å². The van der Waals surface area contributed by atoms with Gasteiger partial charge < -0.3 is 15.0 Å². The highest BCUT2D eigenvalue weighted by atomic mass is 32.2. The van der Waals surface area contributed by atoms with Crippen LogP contribution in [0.2, 0.25) is 0 Å². The lowest BCUT2D eigenvalue weighted by Gasteiger charge is -2.17. The number of hydrogen-bond donors (Lipinski definition) is 2. The normalized spacial score (nSPS) is 16.1. The molecular weight excluding hydrogens is 418 g/mol. The number of amides is 2. The number of sulfonamides is 1. The predicted octanol–water partition coefficient (Wildman–Crippen LogP) is 2.16. The molecule has 0 radical (unpaired) electrons. The standard InChI is InChI=1S/C22H27N3O5S/c1-16-8-10-18(11-9-16)24-21(26)15-25(2)22(27)17-5-3-7-20(13-17)31(28,29)23-14-19-6-4-12-30-19/h3,5,7-11,13,19,23H,4,6,12,14-15H2,1-2H3,(H,24,26)/t19-/m0/s1. The second kappa shape index (κ2) is 10.0. The van der Waals surface area contributed by atoms with Gasteiger partial charge >= 0.3 is 0 Å². The molecule has 1 atom stereocenters. The third-order valence-corrected chi connectivity index (χ3v) is 6.40. The van der Waals surface area contributed by atoms with E-state index < -0.39 is 15.9 Å². The Kier molecular flexibility index (Phi) is 7.42. The van der Waals surface area contributed by atoms with Crippen LogP contribution in [0.4, 0.5) is 5.69 Å². The lowest BCUT2D eigenvalue weighted by molar-refractivity contribution is -0.116. The zero-order valence-electron chi connectivity index (χ0n) is 17.6. The Balaban J connectivity index is 1.61. The van der Waals surface area contributed by atoms with Crippen LogP contribution in [0.15, 0.2) is 53.4 Å². The molecule has 2 N–H and O–H groups in total. The van der Waals surface area contributed by atoms with Crippen LogP contribution in [0.1, 0.15) is 28.8 Å². The maximum atomic E-state index is 12.7. The highest BCUT2D eigenvalue weighted by Gasteiger charge is 2.22. The Hall–Kier alpha value is -2.75. The molecule has 0 bridgehead atoms. The topological polar surface area (TPSA) is 105 Å². The highest BCUT2D eigenvalue weighted by molar-refractivity contribution is 7.89. The molecule has 2 aromatic rings. The van der Waals surface area contributed by atoms with E-state index in [0.29, 0.717) is 12.3 Å². The van der Waals surface area contributed by atoms with Crippen molar-refractivity contribution in [3.63, 3.8) is 0 Å². The smallest absolute Gasteiger partial charge is 0.254 e. The van der Waals surface area contributed by atoms with E-state index in [4.69, 9.17) is 4.74 Å². The molecule has 9 heteroatoms. The summed E-state index contributed by atoms with van der Waals surface area (Å²) in [6, 6.07) is 13.1. The number of nitrogens with zero attached hydrogens (tertiary/aromatic N) is 1. The van der Waals surface area contributed by atoms with Crippen LogP contribution in [0, 0.1) is 6.92 Å². The van der Waals surface area contributed by atoms with Crippen molar-refractivity contribution in [3.8, 4) is 0 Å². The van der Waals surface area contributed by atoms with Gasteiger partial charge in [-0.15, -0.1) is 0 Å². The Bertz CT molecular complexity index is 1030. The molecular formula is C22H27N3O5S. The number of ether oxygens (including phenoxy) is 1. The molecule has 0 unspecified atom stereocenters. The Morgan fingerprint density at radius 2 is 1.90 bits per heavy atom. The van der Waals surface area contributed by atoms with Crippen LogP contribution in [0.3, 0.4) is 0 Å². The zero-order chi connectivity index (χ0) is 22.4. The number of likely N-dealkylation sites (N-methyl/N-ethyl adjacent to an activating group) is 1. The highest BCUT2D eigenvalue weighted by Crippen LogP contribution is 2.16. The number of carbonyl (C=O) groups is 2. The van der Waals surface area contributed by atoms with E-state index in [1.807, 2.05) is 19.1 Å². The number of nitrogens with one attached hydrogen (secondary N) is 2. The van der Waals surface area contributed by atoms with E-state index in [-0.39, 0.29) is 35.6 Å². The van der Waals surface area contributed by atoms with Crippen LogP contribution >= 0.6 is 0 Å². The molecule has 2 aromatic carbocycles. The molecule has 1 saturated heterocycles. The molecule has 1 fully saturated rings. The summed E-state index contributed by atoms with van der Waals surface area (Å²) in [6.45, 7) is 2.62. The molecule has 1 aliphatic rings. The second-order valence-corrected chi connectivity index (χ2v) is 9.36. The van der Waals surface area contributed by atoms with Crippen molar-refractivity contribution >= 4 is 27.5 Å². The molecule has 8 nitrogen and oxygen atoms in total. The number of benzene rings is 2. The van der Waals surface area contributed by atoms with Crippen LogP contribution in [-0.2, 0) is 19.6 Å². The third kappa shape index (κ3) is 6.36. The minimum absolute atomic E-state index is 0.00569. The van der Waals surface area contributed by atoms with Gasteiger partial charge in [-0.2, -0.15) is 0 Å². The van der Waals surface area contributed by atoms with Gasteiger partial charge in [-0.05, 0) is 50.1 Å². The molecule has 1 aliphatic heterocycles. The second-order valence-electron chi connectivity index (χ2n) is 7.59. The number of hydrogen-bond acceptors (Lipinski definition) is 5. The van der Waals surface area contributed by atoms with E-state index in [1.165, 1.54) is 36.2 Å². The van der Waals surface area contributed by atoms with E-state index >= 15 is 0 Å². The van der Waals surface area contributed by atoms with Gasteiger partial charge in [-0.1, -0.05) is 23.8 Å². The van der Waals surface area contributed by atoms with Crippen molar-refractivity contribution in [1.29, 1.82) is 0 Å². The maximum absolute atomic E-state index is 12.7. The first-order chi connectivity index (χ1) is 14.7. The lowest BCUT2D eigenvalue weighted by Crippen LogP contribution is -2.35. The summed E-state index contributed by atoms with van der Waals surface area (Å²) in [4.78, 5) is 26.2. The van der Waals surface area contributed by atoms with Gasteiger partial charge in [0, 0.05) is 31.5 Å². The van der Waals surface area contributed by atoms with Crippen molar-refractivity contribution in [2.24, 2.45) is 0 Å². The van der Waals surface area contributed by atoms with Gasteiger partial charge in [0.2, 0.25) is 15.9 Å². The molecule has 3 rings (SSSR count). The Labute approximate surface area is 182 Å². The van der Waals surface area contributed by atoms with E-state index in [2.05, 4.69) is 10.0 Å². The van der Waals surface area contributed by atoms with Gasteiger partial charge in [-0.3, -0.25) is 9.59 Å². The minimum Gasteiger partial charge on any atom is -0.377 e. The fraction of sp³-hybridized carbons (Fsp3) is 0.364. The first-order valence-electron chi connectivity index (χ1n) is 10.1. The van der Waals surface area contributed by atoms with Crippen LogP contribution < -0.4 is 10.0 Å². The number of anilines is 1. The number of rotatable bonds is 8. The average molecular weight is 446 g/mol. The molecule has 31 heavy (non-hydrogen) atoms. The van der Waals surface area contributed by atoms with Crippen molar-refractivity contribution in [2.45, 2.75) is 30.8 Å². The molecule has 2 amide bonds. The van der Waals surface area contributed by atoms with Crippen LogP contribution in [-0.4, -0.2) is 58.0 Å². The summed E-state index contributed by atoms with van der Waals surface area (Å²) in [5.74, 6) is -0.794. The zero-order valence-corrected chi connectivity index (χ0v) is 18.4. The molecule has 0 saturated carbocycles. The third-order valence-electron chi connectivity index (χ3n) is 4.98. The first kappa shape index (κ1) is 22.9. The number of carbonyl (C=O) groups excluding carboxylic acids is 2. The summed E-state index contributed by atoms with van der Waals surface area (Å²) in [5, 5.41) is 2.73. The van der Waals surface area contributed by atoms with Gasteiger partial charge in [-0.25, -0.2) is 13.1 Å². The summed E-state index contributed by atoms with van der Waals surface area (Å²) in [7, 11) is -2.28. The Morgan fingerprint density at radius 3 is 2.58 bits per heavy atom. The molecule has 0 aliphatic carbocycles. The molecule has 0 spiro atoms. The minimum atomic E-state index is -3.78. The first-order valence-corrected chi connectivity index (χ1v) is 11.6. The van der Waals surface area contributed by atoms with Crippen molar-refractivity contribution in [1.82, 2.24) is 9.62 Å². The van der Waals surface area contributed by atoms with Crippen LogP contribution in [0.25, 0.3) is 0 Å². The van der Waals surface area contributed by atoms with E-state index in [1.54, 1.807) is 12.1 Å². The van der Waals surface area contributed by atoms with Crippen molar-refractivity contribution < 1.29 is 22.7 Å². The SMILES string of the molecule is Cc1ccc(NC(=O)CN(C)C(=O)c2cccc(S(=O)(=O)NC[C@@H]3CCCO3)c2)cc1. The molecule has 166 valence electrons. The monoisotopic (exact) mass is 445 g/mol. The fourth-order valence-electron chi connectivity index (χ4n) is 3.23. The number of aryl methyl sites for hydroxylation is 1. The predicted molar refractivity (Wildman–Crippen MR) is 117 cm³/mol. The van der Waals surface area contributed by atoms with Crippen molar-refractivity contribution in [3.05, 3.63) is 59.7 Å². The quantitative estimate of drug-likeness (QED) is 0.648. The van der Waals surface area contributed by atoms with Gasteiger partial charge in [0.25, 0.3) is 5.91 Å². The summed E-state index contributed by atoms with van der Waals surface area (Å²) in [5.41, 5.74) is 1.90. The molecule has 0 aromatic heterocycles. The van der Waals surface area contributed by atoms with E-state index in [9.17, 15) is 18.0 Å². The van der Waals surface area contributed by atoms with Gasteiger partial charge in [0.15, 0.2) is 0 Å². The maximum Gasteiger partial charge on any atom is 0.254 e. The fourth-order valence-corrected chi connectivity index (χ4v) is 4.34. The summed E-state index contributed by atoms with van der Waals surface area (Å²) < 4.78 is 33.1. The Morgan fingerprint density at radius 1 is 1.16 bits per heavy atom. The molecule has 1 heterocycles. The summed E-state index contributed by atoms with van der Waals surface area (Å²) >= 11 is 0. The largest absolute Gasteiger partial charge is 0.377 e. The summed E-state index contributed by atoms with van der Waals surface area (Å²) in [6.07, 6.45) is 1.61. The van der Waals surface area contributed by atoms with E-state index in [0.717, 1.165) is 18.4 Å². The van der Waals surface area contributed by atoms with Gasteiger partial charge in [0.05, 0.1) is 17.5 Å². The van der Waals surface area contributed by atoms with Gasteiger partial charge in [0.1, 0.15) is 0 Å². The van der Waals surface area contributed by atoms with Crippen LogP contribution in [0.5, 0.6) is 0 Å².